The van der Waals surface area contributed by atoms with E-state index in [0.717, 1.165) is 0 Å². The number of carbonyl (C=O) groups excluding carboxylic acids is 1. The Bertz CT molecular complexity index is 151. The molecule has 62 valence electrons. The van der Waals surface area contributed by atoms with Gasteiger partial charge in [-0.15, -0.1) is 0 Å². The van der Waals surface area contributed by atoms with Crippen molar-refractivity contribution in [3.8, 4) is 0 Å². The van der Waals surface area contributed by atoms with Crippen LogP contribution < -0.4 is 22.5 Å². The van der Waals surface area contributed by atoms with E-state index < -0.39 is 6.03 Å². The van der Waals surface area contributed by atoms with Gasteiger partial charge in [0.1, 0.15) is 0 Å². The fourth-order valence-corrected chi connectivity index (χ4v) is 0.268. The summed E-state index contributed by atoms with van der Waals surface area (Å²) in [6, 6.07) is 3.06. The number of nitrogens with two attached hydrogens (primary N) is 2. The van der Waals surface area contributed by atoms with Crippen molar-refractivity contribution >= 4 is 6.03 Å². The van der Waals surface area contributed by atoms with Crippen LogP contribution in [0.1, 0.15) is 0 Å². The van der Waals surface area contributed by atoms with Crippen molar-refractivity contribution in [2.24, 2.45) is 11.7 Å². The first kappa shape index (κ1) is 9.47. The van der Waals surface area contributed by atoms with Crippen LogP contribution in [0.3, 0.4) is 0 Å². The summed E-state index contributed by atoms with van der Waals surface area (Å²) in [7, 11) is 0. The van der Waals surface area contributed by atoms with E-state index in [0.29, 0.717) is 0 Å². The maximum absolute atomic E-state index is 9.71. The normalized spacial score (nSPS) is 7.45. The second-order valence-electron chi connectivity index (χ2n) is 1.41. The van der Waals surface area contributed by atoms with Crippen LogP contribution in [0.5, 0.6) is 0 Å². The Balaban J connectivity index is 0.000000183. The van der Waals surface area contributed by atoms with Gasteiger partial charge in [-0.3, -0.25) is 10.9 Å². The van der Waals surface area contributed by atoms with E-state index in [4.69, 9.17) is 0 Å². The number of amides is 2. The highest BCUT2D eigenvalue weighted by molar-refractivity contribution is 5.72. The van der Waals surface area contributed by atoms with E-state index >= 15 is 0 Å². The summed E-state index contributed by atoms with van der Waals surface area (Å²) in [5, 5.41) is 0. The van der Waals surface area contributed by atoms with Gasteiger partial charge in [-0.2, -0.15) is 0 Å². The predicted octanol–water partition coefficient (Wildman–Crippen LogP) is -0.687. The van der Waals surface area contributed by atoms with Crippen LogP contribution in [0, 0.1) is 0 Å². The molecule has 0 unspecified atom stereocenters. The molecule has 0 spiro atoms. The molecule has 0 aliphatic carbocycles. The van der Waals surface area contributed by atoms with Crippen LogP contribution in [0.2, 0.25) is 0 Å². The van der Waals surface area contributed by atoms with Gasteiger partial charge in [0.25, 0.3) is 0 Å². The third kappa shape index (κ3) is 6.35. The second kappa shape index (κ2) is 6.59. The monoisotopic (exact) mass is 158 g/mol. The summed E-state index contributed by atoms with van der Waals surface area (Å²) in [5.74, 6) is 9.08. The number of hydrogen-bond donors (Lipinski definition) is 4. The molecule has 0 radical (unpaired) electrons. The molecule has 0 aliphatic rings. The second-order valence-corrected chi connectivity index (χ2v) is 1.41. The molecule has 1 rings (SSSR count). The minimum absolute atomic E-state index is 0.602. The number of hydrogen-bond acceptors (Lipinski definition) is 4. The Labute approximate surface area is 63.5 Å². The molecule has 0 aliphatic heterocycles. The van der Waals surface area contributed by atoms with E-state index in [1.807, 2.05) is 12.1 Å². The Hall–Kier alpha value is -1.53. The lowest BCUT2D eigenvalue weighted by Crippen LogP contribution is -2.43. The zero-order chi connectivity index (χ0) is 8.53. The van der Waals surface area contributed by atoms with Crippen LogP contribution in [0.25, 0.3) is 0 Å². The highest BCUT2D eigenvalue weighted by Crippen LogP contribution is 1.79. The quantitative estimate of drug-likeness (QED) is 0.228. The van der Waals surface area contributed by atoms with Gasteiger partial charge in [0, 0.05) is 0 Å². The molecule has 0 saturated carbocycles. The van der Waals surface area contributed by atoms with E-state index in [1.54, 1.807) is 23.4 Å². The molecule has 2 amide bonds. The highest BCUT2D eigenvalue weighted by Gasteiger charge is 1.83. The number of urea groups is 1. The molecule has 0 bridgehead atoms. The molecule has 0 saturated heterocycles. The maximum Gasteiger partial charge on any atom is 0.343 e. The van der Waals surface area contributed by atoms with Gasteiger partial charge in [-0.1, -0.05) is 0 Å². The van der Waals surface area contributed by atoms with Crippen molar-refractivity contribution < 1.29 is 9.21 Å². The third-order valence-electron chi connectivity index (χ3n) is 0.688. The Morgan fingerprint density at radius 1 is 1.18 bits per heavy atom. The third-order valence-corrected chi connectivity index (χ3v) is 0.688. The van der Waals surface area contributed by atoms with Crippen molar-refractivity contribution in [3.05, 3.63) is 24.7 Å². The first-order chi connectivity index (χ1) is 5.31. The first-order valence-corrected chi connectivity index (χ1v) is 2.75. The van der Waals surface area contributed by atoms with Crippen LogP contribution >= 0.6 is 0 Å². The molecule has 1 heterocycles. The van der Waals surface area contributed by atoms with Gasteiger partial charge in [0.05, 0.1) is 12.5 Å². The summed E-state index contributed by atoms with van der Waals surface area (Å²) in [4.78, 5) is 9.71. The Morgan fingerprint density at radius 2 is 1.64 bits per heavy atom. The van der Waals surface area contributed by atoms with E-state index in [-0.39, 0.29) is 0 Å². The molecule has 6 N–H and O–H groups in total. The summed E-state index contributed by atoms with van der Waals surface area (Å²) in [6.07, 6.45) is 3.25. The zero-order valence-electron chi connectivity index (χ0n) is 5.78. The summed E-state index contributed by atoms with van der Waals surface area (Å²) < 4.78 is 4.58. The highest BCUT2D eigenvalue weighted by atomic mass is 16.3. The number of nitrogens with one attached hydrogen (secondary N) is 2. The lowest BCUT2D eigenvalue weighted by Gasteiger charge is -1.90. The zero-order valence-corrected chi connectivity index (χ0v) is 5.78. The van der Waals surface area contributed by atoms with Gasteiger partial charge in [0.2, 0.25) is 0 Å². The standard InChI is InChI=1S/C4H4O.CH6N4O/c1-2-4-5-3-1;2-4-1(6)5-3/h1-4H;2-3H2,(H2,4,5,6). The molecule has 1 aromatic rings. The average molecular weight is 158 g/mol. The van der Waals surface area contributed by atoms with Crippen LogP contribution in [-0.4, -0.2) is 6.03 Å². The van der Waals surface area contributed by atoms with Gasteiger partial charge < -0.3 is 4.42 Å². The van der Waals surface area contributed by atoms with E-state index in [9.17, 15) is 4.79 Å². The number of carbonyl (C=O) groups is 1. The lowest BCUT2D eigenvalue weighted by atomic mass is 10.7. The van der Waals surface area contributed by atoms with Crippen molar-refractivity contribution in [3.63, 3.8) is 0 Å². The summed E-state index contributed by atoms with van der Waals surface area (Å²) in [6.45, 7) is 0. The molecular weight excluding hydrogens is 148 g/mol. The van der Waals surface area contributed by atoms with Crippen LogP contribution in [0.15, 0.2) is 29.1 Å². The number of rotatable bonds is 0. The maximum atomic E-state index is 9.71. The fourth-order valence-electron chi connectivity index (χ4n) is 0.268. The predicted molar refractivity (Wildman–Crippen MR) is 38.8 cm³/mol. The summed E-state index contributed by atoms with van der Waals surface area (Å²) >= 11 is 0. The largest absolute Gasteiger partial charge is 0.473 e. The van der Waals surface area contributed by atoms with Crippen LogP contribution in [-0.2, 0) is 0 Å². The molecule has 0 fully saturated rings. The smallest absolute Gasteiger partial charge is 0.343 e. The Kier molecular flexibility index (Phi) is 5.67. The SMILES string of the molecule is NNC(=O)NN.c1ccoc1. The van der Waals surface area contributed by atoms with E-state index in [1.165, 1.54) is 0 Å². The minimum Gasteiger partial charge on any atom is -0.473 e. The first-order valence-electron chi connectivity index (χ1n) is 2.75. The number of furan rings is 1. The van der Waals surface area contributed by atoms with Gasteiger partial charge in [0.15, 0.2) is 0 Å². The molecule has 6 nitrogen and oxygen atoms in total. The summed E-state index contributed by atoms with van der Waals surface area (Å²) in [5.41, 5.74) is 3.48. The molecule has 0 atom stereocenters. The topological polar surface area (TPSA) is 106 Å². The van der Waals surface area contributed by atoms with Crippen molar-refractivity contribution in [2.75, 3.05) is 0 Å². The van der Waals surface area contributed by atoms with Crippen molar-refractivity contribution in [1.29, 1.82) is 0 Å². The molecule has 1 aromatic heterocycles. The van der Waals surface area contributed by atoms with Gasteiger partial charge >= 0.3 is 6.03 Å². The number of hydrazine groups is 2. The van der Waals surface area contributed by atoms with Crippen molar-refractivity contribution in [1.82, 2.24) is 10.9 Å². The molecular formula is C5H10N4O2. The minimum atomic E-state index is -0.602. The Morgan fingerprint density at radius 3 is 1.73 bits per heavy atom. The molecule has 6 heteroatoms. The van der Waals surface area contributed by atoms with E-state index in [2.05, 4.69) is 16.1 Å². The van der Waals surface area contributed by atoms with Gasteiger partial charge in [-0.05, 0) is 12.1 Å². The van der Waals surface area contributed by atoms with Gasteiger partial charge in [-0.25, -0.2) is 16.5 Å². The molecule has 11 heavy (non-hydrogen) atoms. The molecule has 0 aromatic carbocycles. The average Bonchev–Trinajstić information content (AvgIpc) is 2.60. The van der Waals surface area contributed by atoms with Crippen LogP contribution in [0.4, 0.5) is 4.79 Å². The fraction of sp³-hybridized carbons (Fsp3) is 0. The lowest BCUT2D eigenvalue weighted by molar-refractivity contribution is 0.241. The van der Waals surface area contributed by atoms with Crippen molar-refractivity contribution in [2.45, 2.75) is 0 Å².